The van der Waals surface area contributed by atoms with Crippen molar-refractivity contribution in [2.45, 2.75) is 46.7 Å². The van der Waals surface area contributed by atoms with Crippen molar-refractivity contribution in [3.8, 4) is 11.4 Å². The van der Waals surface area contributed by atoms with E-state index < -0.39 is 0 Å². The summed E-state index contributed by atoms with van der Waals surface area (Å²) in [5.41, 5.74) is 8.08. The molecule has 0 saturated carbocycles. The molecule has 5 heteroatoms. The number of aryl methyl sites for hydroxylation is 2. The normalized spacial score (nSPS) is 11.1. The maximum Gasteiger partial charge on any atom is 0.133 e. The fraction of sp³-hybridized carbons (Fsp3) is 0.538. The van der Waals surface area contributed by atoms with Gasteiger partial charge in [-0.05, 0) is 20.3 Å². The molecule has 0 fully saturated rings. The van der Waals surface area contributed by atoms with Gasteiger partial charge in [-0.2, -0.15) is 0 Å². The van der Waals surface area contributed by atoms with Crippen molar-refractivity contribution in [1.29, 1.82) is 0 Å². The SMILES string of the molecule is CCCc1nc(-c2cncn2CC)c(N)n1CC. The van der Waals surface area contributed by atoms with Gasteiger partial charge in [-0.1, -0.05) is 6.92 Å². The van der Waals surface area contributed by atoms with Crippen LogP contribution >= 0.6 is 0 Å². The maximum absolute atomic E-state index is 6.22. The molecule has 18 heavy (non-hydrogen) atoms. The van der Waals surface area contributed by atoms with Crippen LogP contribution in [0.4, 0.5) is 5.82 Å². The highest BCUT2D eigenvalue weighted by molar-refractivity contribution is 5.68. The van der Waals surface area contributed by atoms with Gasteiger partial charge in [0.25, 0.3) is 0 Å². The Kier molecular flexibility index (Phi) is 3.69. The Morgan fingerprint density at radius 2 is 2.00 bits per heavy atom. The fourth-order valence-corrected chi connectivity index (χ4v) is 2.24. The first-order valence-electron chi connectivity index (χ1n) is 6.58. The number of nitrogen functional groups attached to an aromatic ring is 1. The second-order valence-electron chi connectivity index (χ2n) is 4.32. The molecular weight excluding hydrogens is 226 g/mol. The van der Waals surface area contributed by atoms with Crippen LogP contribution in [0.1, 0.15) is 33.0 Å². The van der Waals surface area contributed by atoms with E-state index in [1.807, 2.05) is 12.5 Å². The van der Waals surface area contributed by atoms with Crippen LogP contribution in [0.2, 0.25) is 0 Å². The molecule has 2 aromatic heterocycles. The molecule has 2 aromatic rings. The molecule has 5 nitrogen and oxygen atoms in total. The molecule has 0 bridgehead atoms. The topological polar surface area (TPSA) is 61.7 Å². The highest BCUT2D eigenvalue weighted by Crippen LogP contribution is 2.26. The minimum absolute atomic E-state index is 0.746. The first kappa shape index (κ1) is 12.7. The predicted molar refractivity (Wildman–Crippen MR) is 73.2 cm³/mol. The first-order valence-corrected chi connectivity index (χ1v) is 6.58. The van der Waals surface area contributed by atoms with Crippen LogP contribution in [-0.4, -0.2) is 19.1 Å². The molecule has 2 rings (SSSR count). The Balaban J connectivity index is 2.51. The van der Waals surface area contributed by atoms with E-state index in [0.717, 1.165) is 49.0 Å². The van der Waals surface area contributed by atoms with E-state index in [1.165, 1.54) is 0 Å². The smallest absolute Gasteiger partial charge is 0.133 e. The summed E-state index contributed by atoms with van der Waals surface area (Å²) >= 11 is 0. The van der Waals surface area contributed by atoms with Crippen molar-refractivity contribution in [3.05, 3.63) is 18.3 Å². The van der Waals surface area contributed by atoms with E-state index in [9.17, 15) is 0 Å². The maximum atomic E-state index is 6.22. The molecule has 0 aliphatic heterocycles. The van der Waals surface area contributed by atoms with Crippen LogP contribution in [0, 0.1) is 0 Å². The van der Waals surface area contributed by atoms with Gasteiger partial charge in [0, 0.05) is 19.5 Å². The lowest BCUT2D eigenvalue weighted by Crippen LogP contribution is -2.05. The van der Waals surface area contributed by atoms with Crippen LogP contribution in [0.25, 0.3) is 11.4 Å². The Labute approximate surface area is 108 Å². The van der Waals surface area contributed by atoms with Gasteiger partial charge in [-0.15, -0.1) is 0 Å². The number of anilines is 1. The molecule has 0 spiro atoms. The molecule has 0 radical (unpaired) electrons. The number of hydrogen-bond donors (Lipinski definition) is 1. The average Bonchev–Trinajstić information content (AvgIpc) is 2.94. The van der Waals surface area contributed by atoms with Gasteiger partial charge in [0.1, 0.15) is 17.3 Å². The van der Waals surface area contributed by atoms with E-state index >= 15 is 0 Å². The molecule has 0 aliphatic rings. The molecule has 0 atom stereocenters. The Morgan fingerprint density at radius 1 is 1.22 bits per heavy atom. The monoisotopic (exact) mass is 247 g/mol. The second-order valence-corrected chi connectivity index (χ2v) is 4.32. The number of hydrogen-bond acceptors (Lipinski definition) is 3. The summed E-state index contributed by atoms with van der Waals surface area (Å²) in [6.45, 7) is 8.06. The van der Waals surface area contributed by atoms with Gasteiger partial charge in [-0.3, -0.25) is 0 Å². The van der Waals surface area contributed by atoms with E-state index in [-0.39, 0.29) is 0 Å². The third kappa shape index (κ3) is 2.00. The van der Waals surface area contributed by atoms with E-state index in [4.69, 9.17) is 10.7 Å². The van der Waals surface area contributed by atoms with Crippen LogP contribution in [0.15, 0.2) is 12.5 Å². The first-order chi connectivity index (χ1) is 8.72. The summed E-state index contributed by atoms with van der Waals surface area (Å²) in [5.74, 6) is 1.81. The zero-order valence-electron chi connectivity index (χ0n) is 11.3. The van der Waals surface area contributed by atoms with Crippen LogP contribution in [-0.2, 0) is 19.5 Å². The minimum atomic E-state index is 0.746. The van der Waals surface area contributed by atoms with Gasteiger partial charge < -0.3 is 14.9 Å². The van der Waals surface area contributed by atoms with Crippen molar-refractivity contribution >= 4 is 5.82 Å². The van der Waals surface area contributed by atoms with Crippen LogP contribution in [0.5, 0.6) is 0 Å². The van der Waals surface area contributed by atoms with Crippen molar-refractivity contribution in [1.82, 2.24) is 19.1 Å². The molecule has 2 heterocycles. The molecule has 0 aliphatic carbocycles. The van der Waals surface area contributed by atoms with Crippen LogP contribution < -0.4 is 5.73 Å². The number of rotatable bonds is 5. The highest BCUT2D eigenvalue weighted by Gasteiger charge is 2.17. The van der Waals surface area contributed by atoms with E-state index in [0.29, 0.717) is 0 Å². The second kappa shape index (κ2) is 5.25. The van der Waals surface area contributed by atoms with Gasteiger partial charge in [0.15, 0.2) is 0 Å². The quantitative estimate of drug-likeness (QED) is 0.882. The van der Waals surface area contributed by atoms with Gasteiger partial charge >= 0.3 is 0 Å². The summed E-state index contributed by atoms with van der Waals surface area (Å²) < 4.78 is 4.15. The molecule has 0 unspecified atom stereocenters. The summed E-state index contributed by atoms with van der Waals surface area (Å²) in [5, 5.41) is 0. The van der Waals surface area contributed by atoms with Crippen molar-refractivity contribution in [2.24, 2.45) is 0 Å². The highest BCUT2D eigenvalue weighted by atomic mass is 15.2. The summed E-state index contributed by atoms with van der Waals surface area (Å²) in [4.78, 5) is 8.88. The fourth-order valence-electron chi connectivity index (χ4n) is 2.24. The van der Waals surface area contributed by atoms with Gasteiger partial charge in [-0.25, -0.2) is 9.97 Å². The van der Waals surface area contributed by atoms with Crippen molar-refractivity contribution in [3.63, 3.8) is 0 Å². The minimum Gasteiger partial charge on any atom is -0.383 e. The predicted octanol–water partition coefficient (Wildman–Crippen LogP) is 2.32. The lowest BCUT2D eigenvalue weighted by Gasteiger charge is -2.06. The van der Waals surface area contributed by atoms with Crippen molar-refractivity contribution < 1.29 is 0 Å². The molecule has 0 amide bonds. The Morgan fingerprint density at radius 3 is 2.61 bits per heavy atom. The average molecular weight is 247 g/mol. The Hall–Kier alpha value is -1.78. The number of imidazole rings is 2. The van der Waals surface area contributed by atoms with Gasteiger partial charge in [0.05, 0.1) is 18.2 Å². The lowest BCUT2D eigenvalue weighted by atomic mass is 10.3. The largest absolute Gasteiger partial charge is 0.383 e. The lowest BCUT2D eigenvalue weighted by molar-refractivity contribution is 0.690. The molecule has 0 saturated heterocycles. The molecule has 0 aromatic carbocycles. The summed E-state index contributed by atoms with van der Waals surface area (Å²) in [7, 11) is 0. The standard InChI is InChI=1S/C13H21N5/c1-4-7-11-16-12(13(14)18(11)6-3)10-8-15-9-17(10)5-2/h8-9H,4-7,14H2,1-3H3. The van der Waals surface area contributed by atoms with E-state index in [2.05, 4.69) is 34.9 Å². The summed E-state index contributed by atoms with van der Waals surface area (Å²) in [6, 6.07) is 0. The summed E-state index contributed by atoms with van der Waals surface area (Å²) in [6.07, 6.45) is 5.68. The third-order valence-corrected chi connectivity index (χ3v) is 3.17. The molecule has 2 N–H and O–H groups in total. The number of nitrogens with zero attached hydrogens (tertiary/aromatic N) is 4. The number of nitrogens with two attached hydrogens (primary N) is 1. The third-order valence-electron chi connectivity index (χ3n) is 3.17. The van der Waals surface area contributed by atoms with Crippen molar-refractivity contribution in [2.75, 3.05) is 5.73 Å². The zero-order valence-corrected chi connectivity index (χ0v) is 11.3. The van der Waals surface area contributed by atoms with Crippen LogP contribution in [0.3, 0.4) is 0 Å². The molecule has 98 valence electrons. The van der Waals surface area contributed by atoms with E-state index in [1.54, 1.807) is 0 Å². The Bertz CT molecular complexity index is 523. The zero-order chi connectivity index (χ0) is 13.1. The molecular formula is C13H21N5. The van der Waals surface area contributed by atoms with Gasteiger partial charge in [0.2, 0.25) is 0 Å². The number of aromatic nitrogens is 4.